The Bertz CT molecular complexity index is 384. The summed E-state index contributed by atoms with van der Waals surface area (Å²) in [5.41, 5.74) is 0. The molecule has 2 heterocycles. The van der Waals surface area contributed by atoms with E-state index in [1.807, 2.05) is 7.05 Å². The molecule has 2 saturated heterocycles. The lowest BCUT2D eigenvalue weighted by Crippen LogP contribution is -2.47. The summed E-state index contributed by atoms with van der Waals surface area (Å²) >= 11 is 0. The smallest absolute Gasteiger partial charge is 0.191 e. The van der Waals surface area contributed by atoms with E-state index in [0.717, 1.165) is 64.5 Å². The lowest BCUT2D eigenvalue weighted by atomic mass is 10.0. The first-order chi connectivity index (χ1) is 12.2. The number of likely N-dealkylation sites (tertiary alicyclic amines) is 1. The minimum absolute atomic E-state index is 0.600. The Kier molecular flexibility index (Phi) is 9.58. The second-order valence-corrected chi connectivity index (χ2v) is 7.49. The molecule has 0 radical (unpaired) electrons. The summed E-state index contributed by atoms with van der Waals surface area (Å²) in [7, 11) is 1.86. The maximum atomic E-state index is 5.42. The van der Waals surface area contributed by atoms with E-state index in [9.17, 15) is 0 Å². The minimum Gasteiger partial charge on any atom is -0.379 e. The molecule has 2 aliphatic rings. The SMILES string of the molecule is CCC1CCCCN1CCNC(=NC)NCC(C)CN1CCOCC1. The molecule has 2 unspecified atom stereocenters. The van der Waals surface area contributed by atoms with Crippen LogP contribution in [-0.2, 0) is 4.74 Å². The zero-order chi connectivity index (χ0) is 17.9. The lowest BCUT2D eigenvalue weighted by Gasteiger charge is -2.35. The van der Waals surface area contributed by atoms with E-state index in [4.69, 9.17) is 4.74 Å². The van der Waals surface area contributed by atoms with Crippen LogP contribution in [0.4, 0.5) is 0 Å². The third-order valence-corrected chi connectivity index (χ3v) is 5.43. The molecule has 6 nitrogen and oxygen atoms in total. The van der Waals surface area contributed by atoms with Gasteiger partial charge in [0.1, 0.15) is 0 Å². The monoisotopic (exact) mass is 353 g/mol. The summed E-state index contributed by atoms with van der Waals surface area (Å²) in [5, 5.41) is 6.97. The fraction of sp³-hybridized carbons (Fsp3) is 0.947. The molecule has 2 rings (SSSR count). The maximum absolute atomic E-state index is 5.42. The number of hydrogen-bond donors (Lipinski definition) is 2. The Hall–Kier alpha value is -0.850. The molecule has 0 amide bonds. The average molecular weight is 354 g/mol. The zero-order valence-electron chi connectivity index (χ0n) is 16.6. The van der Waals surface area contributed by atoms with Crippen LogP contribution >= 0.6 is 0 Å². The number of ether oxygens (including phenoxy) is 1. The number of nitrogens with zero attached hydrogens (tertiary/aromatic N) is 3. The van der Waals surface area contributed by atoms with Crippen molar-refractivity contribution >= 4 is 5.96 Å². The van der Waals surface area contributed by atoms with Gasteiger partial charge in [-0.1, -0.05) is 20.3 Å². The average Bonchev–Trinajstić information content (AvgIpc) is 2.65. The topological polar surface area (TPSA) is 52.1 Å². The van der Waals surface area contributed by atoms with Crippen LogP contribution in [0.5, 0.6) is 0 Å². The van der Waals surface area contributed by atoms with Crippen LogP contribution in [0, 0.1) is 5.92 Å². The van der Waals surface area contributed by atoms with Gasteiger partial charge in [-0.15, -0.1) is 0 Å². The highest BCUT2D eigenvalue weighted by Crippen LogP contribution is 2.18. The van der Waals surface area contributed by atoms with Gasteiger partial charge < -0.3 is 15.4 Å². The highest BCUT2D eigenvalue weighted by Gasteiger charge is 2.20. The van der Waals surface area contributed by atoms with Gasteiger partial charge in [0.25, 0.3) is 0 Å². The van der Waals surface area contributed by atoms with Gasteiger partial charge in [-0.25, -0.2) is 0 Å². The largest absolute Gasteiger partial charge is 0.379 e. The van der Waals surface area contributed by atoms with Gasteiger partial charge >= 0.3 is 0 Å². The van der Waals surface area contributed by atoms with Crippen LogP contribution in [0.1, 0.15) is 39.5 Å². The van der Waals surface area contributed by atoms with Crippen LogP contribution < -0.4 is 10.6 Å². The first-order valence-corrected chi connectivity index (χ1v) is 10.2. The van der Waals surface area contributed by atoms with E-state index in [-0.39, 0.29) is 0 Å². The number of rotatable bonds is 8. The van der Waals surface area contributed by atoms with Crippen LogP contribution in [0.2, 0.25) is 0 Å². The van der Waals surface area contributed by atoms with Crippen molar-refractivity contribution in [3.63, 3.8) is 0 Å². The summed E-state index contributed by atoms with van der Waals surface area (Å²) in [4.78, 5) is 9.51. The standard InChI is InChI=1S/C19H39N5O/c1-4-18-7-5-6-9-24(18)10-8-21-19(20-3)22-15-17(2)16-23-11-13-25-14-12-23/h17-18H,4-16H2,1-3H3,(H2,20,21,22). The van der Waals surface area contributed by atoms with Crippen molar-refractivity contribution in [1.29, 1.82) is 0 Å². The molecule has 2 atom stereocenters. The second-order valence-electron chi connectivity index (χ2n) is 7.49. The summed E-state index contributed by atoms with van der Waals surface area (Å²) in [6, 6.07) is 0.777. The summed E-state index contributed by atoms with van der Waals surface area (Å²) in [6.07, 6.45) is 5.38. The maximum Gasteiger partial charge on any atom is 0.191 e. The molecular formula is C19H39N5O. The van der Waals surface area contributed by atoms with Gasteiger partial charge in [-0.05, 0) is 31.7 Å². The van der Waals surface area contributed by atoms with Crippen molar-refractivity contribution < 1.29 is 4.74 Å². The van der Waals surface area contributed by atoms with E-state index in [0.29, 0.717) is 5.92 Å². The van der Waals surface area contributed by atoms with Gasteiger partial charge in [-0.3, -0.25) is 14.8 Å². The molecule has 2 N–H and O–H groups in total. The number of morpholine rings is 1. The van der Waals surface area contributed by atoms with Crippen LogP contribution in [0.3, 0.4) is 0 Å². The zero-order valence-corrected chi connectivity index (χ0v) is 16.6. The molecule has 0 aliphatic carbocycles. The van der Waals surface area contributed by atoms with Gasteiger partial charge in [0.2, 0.25) is 0 Å². The van der Waals surface area contributed by atoms with Crippen LogP contribution in [0.25, 0.3) is 0 Å². The first-order valence-electron chi connectivity index (χ1n) is 10.2. The summed E-state index contributed by atoms with van der Waals surface area (Å²) < 4.78 is 5.42. The predicted molar refractivity (Wildman–Crippen MR) is 105 cm³/mol. The lowest BCUT2D eigenvalue weighted by molar-refractivity contribution is 0.0320. The summed E-state index contributed by atoms with van der Waals surface area (Å²) in [5.74, 6) is 1.53. The number of piperidine rings is 1. The van der Waals surface area contributed by atoms with E-state index >= 15 is 0 Å². The molecule has 0 aromatic rings. The fourth-order valence-electron chi connectivity index (χ4n) is 3.92. The van der Waals surface area contributed by atoms with Gasteiger partial charge in [0.15, 0.2) is 5.96 Å². The fourth-order valence-corrected chi connectivity index (χ4v) is 3.92. The van der Waals surface area contributed by atoms with E-state index in [1.54, 1.807) is 0 Å². The van der Waals surface area contributed by atoms with Crippen LogP contribution in [0.15, 0.2) is 4.99 Å². The van der Waals surface area contributed by atoms with Crippen molar-refractivity contribution in [3.8, 4) is 0 Å². The number of hydrogen-bond acceptors (Lipinski definition) is 4. The van der Waals surface area contributed by atoms with Gasteiger partial charge in [-0.2, -0.15) is 0 Å². The number of nitrogens with one attached hydrogen (secondary N) is 2. The number of guanidine groups is 1. The van der Waals surface area contributed by atoms with E-state index in [2.05, 4.69) is 39.3 Å². The molecule has 2 aliphatic heterocycles. The minimum atomic E-state index is 0.600. The van der Waals surface area contributed by atoms with Crippen molar-refractivity contribution in [1.82, 2.24) is 20.4 Å². The van der Waals surface area contributed by atoms with Crippen molar-refractivity contribution in [2.45, 2.75) is 45.6 Å². The third kappa shape index (κ3) is 7.50. The second kappa shape index (κ2) is 11.7. The van der Waals surface area contributed by atoms with Crippen LogP contribution in [-0.4, -0.2) is 87.9 Å². The molecule has 146 valence electrons. The van der Waals surface area contributed by atoms with Crippen molar-refractivity contribution in [3.05, 3.63) is 0 Å². The Labute approximate surface area is 154 Å². The molecule has 25 heavy (non-hydrogen) atoms. The Morgan fingerprint density at radius 1 is 1.20 bits per heavy atom. The normalized spacial score (nSPS) is 24.9. The molecule has 0 spiro atoms. The number of aliphatic imine (C=N–C) groups is 1. The van der Waals surface area contributed by atoms with Gasteiger partial charge in [0.05, 0.1) is 13.2 Å². The molecule has 0 bridgehead atoms. The molecule has 0 aromatic heterocycles. The first kappa shape index (κ1) is 20.5. The summed E-state index contributed by atoms with van der Waals surface area (Å²) in [6.45, 7) is 13.9. The predicted octanol–water partition coefficient (Wildman–Crippen LogP) is 1.38. The highest BCUT2D eigenvalue weighted by atomic mass is 16.5. The Morgan fingerprint density at radius 3 is 2.72 bits per heavy atom. The van der Waals surface area contributed by atoms with Gasteiger partial charge in [0, 0.05) is 52.4 Å². The molecule has 0 aromatic carbocycles. The highest BCUT2D eigenvalue weighted by molar-refractivity contribution is 5.79. The van der Waals surface area contributed by atoms with E-state index < -0.39 is 0 Å². The van der Waals surface area contributed by atoms with Crippen molar-refractivity contribution in [2.24, 2.45) is 10.9 Å². The molecule has 2 fully saturated rings. The van der Waals surface area contributed by atoms with Crippen molar-refractivity contribution in [2.75, 3.05) is 66.1 Å². The molecular weight excluding hydrogens is 314 g/mol. The third-order valence-electron chi connectivity index (χ3n) is 5.43. The Morgan fingerprint density at radius 2 is 2.00 bits per heavy atom. The molecule has 6 heteroatoms. The Balaban J connectivity index is 1.61. The quantitative estimate of drug-likeness (QED) is 0.510. The van der Waals surface area contributed by atoms with E-state index in [1.165, 1.54) is 32.2 Å². The molecule has 0 saturated carbocycles.